The molecule has 8 heteroatoms. The molecule has 8 nitrogen and oxygen atoms in total. The number of ether oxygens (including phenoxy) is 1. The van der Waals surface area contributed by atoms with Crippen LogP contribution in [0.15, 0.2) is 30.6 Å². The molecule has 1 aliphatic heterocycles. The fourth-order valence-corrected chi connectivity index (χ4v) is 3.77. The van der Waals surface area contributed by atoms with Gasteiger partial charge in [0.15, 0.2) is 5.82 Å². The first-order valence-corrected chi connectivity index (χ1v) is 8.70. The Bertz CT molecular complexity index is 743. The van der Waals surface area contributed by atoms with Crippen molar-refractivity contribution in [2.75, 3.05) is 13.2 Å². The van der Waals surface area contributed by atoms with Gasteiger partial charge in [0.05, 0.1) is 24.3 Å². The summed E-state index contributed by atoms with van der Waals surface area (Å²) in [7, 11) is 0. The molecule has 132 valence electrons. The minimum atomic E-state index is -0.408. The molecule has 1 aromatic carbocycles. The lowest BCUT2D eigenvalue weighted by molar-refractivity contribution is -0.384. The third kappa shape index (κ3) is 3.40. The molecule has 0 amide bonds. The number of benzene rings is 1. The van der Waals surface area contributed by atoms with Crippen LogP contribution in [0.1, 0.15) is 25.7 Å². The molecule has 0 spiro atoms. The van der Waals surface area contributed by atoms with E-state index in [0.717, 1.165) is 25.1 Å². The van der Waals surface area contributed by atoms with Crippen molar-refractivity contribution in [1.29, 1.82) is 0 Å². The molecular weight excluding hydrogens is 322 g/mol. The molecule has 1 saturated carbocycles. The van der Waals surface area contributed by atoms with Crippen LogP contribution in [0, 0.1) is 10.1 Å². The fourth-order valence-electron chi connectivity index (χ4n) is 3.77. The highest BCUT2D eigenvalue weighted by Crippen LogP contribution is 2.28. The van der Waals surface area contributed by atoms with Crippen LogP contribution < -0.4 is 0 Å². The number of nitro benzene ring substituents is 1. The van der Waals surface area contributed by atoms with Crippen molar-refractivity contribution >= 4 is 5.69 Å². The number of nitro groups is 1. The van der Waals surface area contributed by atoms with Crippen LogP contribution in [0.4, 0.5) is 5.69 Å². The molecule has 2 atom stereocenters. The number of hydrogen-bond donors (Lipinski definition) is 0. The minimum Gasteiger partial charge on any atom is -0.375 e. The predicted molar refractivity (Wildman–Crippen MR) is 90.8 cm³/mol. The average Bonchev–Trinajstić information content (AvgIpc) is 3.11. The quantitative estimate of drug-likeness (QED) is 0.626. The van der Waals surface area contributed by atoms with Gasteiger partial charge in [0, 0.05) is 30.3 Å². The molecule has 0 bridgehead atoms. The summed E-state index contributed by atoms with van der Waals surface area (Å²) in [6, 6.07) is 6.79. The highest BCUT2D eigenvalue weighted by atomic mass is 16.6. The van der Waals surface area contributed by atoms with Gasteiger partial charge in [0.1, 0.15) is 6.33 Å². The number of aromatic nitrogens is 3. The second-order valence-corrected chi connectivity index (χ2v) is 6.63. The van der Waals surface area contributed by atoms with E-state index in [4.69, 9.17) is 4.74 Å². The summed E-state index contributed by atoms with van der Waals surface area (Å²) in [5, 5.41) is 15.3. The first-order chi connectivity index (χ1) is 12.2. The van der Waals surface area contributed by atoms with E-state index in [0.29, 0.717) is 24.6 Å². The molecule has 1 aliphatic carbocycles. The van der Waals surface area contributed by atoms with Crippen molar-refractivity contribution in [3.63, 3.8) is 0 Å². The summed E-state index contributed by atoms with van der Waals surface area (Å²) in [6.45, 7) is 2.38. The second kappa shape index (κ2) is 6.89. The van der Waals surface area contributed by atoms with Gasteiger partial charge in [-0.1, -0.05) is 12.8 Å². The highest BCUT2D eigenvalue weighted by molar-refractivity contribution is 5.56. The first-order valence-electron chi connectivity index (χ1n) is 8.70. The lowest BCUT2D eigenvalue weighted by Crippen LogP contribution is -2.52. The molecule has 2 aliphatic rings. The van der Waals surface area contributed by atoms with Crippen LogP contribution in [0.5, 0.6) is 0 Å². The maximum absolute atomic E-state index is 10.7. The molecule has 0 N–H and O–H groups in total. The zero-order chi connectivity index (χ0) is 17.2. The Labute approximate surface area is 145 Å². The van der Waals surface area contributed by atoms with Gasteiger partial charge in [-0.2, -0.15) is 0 Å². The molecule has 4 rings (SSSR count). The second-order valence-electron chi connectivity index (χ2n) is 6.63. The molecule has 25 heavy (non-hydrogen) atoms. The largest absolute Gasteiger partial charge is 0.375 e. The van der Waals surface area contributed by atoms with Gasteiger partial charge in [0.2, 0.25) is 0 Å². The lowest BCUT2D eigenvalue weighted by atomic mass is 9.90. The summed E-state index contributed by atoms with van der Waals surface area (Å²) in [4.78, 5) is 17.1. The maximum atomic E-state index is 10.7. The monoisotopic (exact) mass is 343 g/mol. The number of non-ortho nitro benzene ring substituents is 1. The van der Waals surface area contributed by atoms with E-state index in [-0.39, 0.29) is 5.69 Å². The van der Waals surface area contributed by atoms with Crippen molar-refractivity contribution in [3.8, 4) is 11.4 Å². The molecule has 2 aromatic rings. The topological polar surface area (TPSA) is 86.3 Å². The van der Waals surface area contributed by atoms with Crippen molar-refractivity contribution in [2.45, 2.75) is 44.5 Å². The number of nitrogens with zero attached hydrogens (tertiary/aromatic N) is 5. The minimum absolute atomic E-state index is 0.0693. The van der Waals surface area contributed by atoms with Gasteiger partial charge < -0.3 is 4.74 Å². The van der Waals surface area contributed by atoms with Crippen LogP contribution in [0.3, 0.4) is 0 Å². The zero-order valence-electron chi connectivity index (χ0n) is 14.0. The van der Waals surface area contributed by atoms with Crippen LogP contribution in [0.2, 0.25) is 0 Å². The standard InChI is InChI=1S/C17H21N5O3/c23-22(24)14-7-5-13(6-8-14)17-18-11-21(19-17)12-20-9-10-25-16-4-2-1-3-15(16)20/h5-8,11,15-16H,1-4,9-10,12H2/t15-,16+/m0/s1. The van der Waals surface area contributed by atoms with E-state index in [1.807, 2.05) is 4.68 Å². The summed E-state index contributed by atoms with van der Waals surface area (Å²) >= 11 is 0. The Morgan fingerprint density at radius 3 is 2.84 bits per heavy atom. The van der Waals surface area contributed by atoms with Crippen LogP contribution in [-0.2, 0) is 11.4 Å². The van der Waals surface area contributed by atoms with Gasteiger partial charge in [-0.05, 0) is 25.0 Å². The van der Waals surface area contributed by atoms with Crippen LogP contribution >= 0.6 is 0 Å². The molecule has 1 aromatic heterocycles. The first kappa shape index (κ1) is 16.2. The smallest absolute Gasteiger partial charge is 0.269 e. The SMILES string of the molecule is O=[N+]([O-])c1ccc(-c2ncn(CN3CCO[C@@H]4CCCC[C@@H]43)n2)cc1. The Balaban J connectivity index is 1.46. The van der Waals surface area contributed by atoms with Crippen LogP contribution in [0.25, 0.3) is 11.4 Å². The van der Waals surface area contributed by atoms with Crippen molar-refractivity contribution < 1.29 is 9.66 Å². The van der Waals surface area contributed by atoms with E-state index in [9.17, 15) is 10.1 Å². The predicted octanol–water partition coefficient (Wildman–Crippen LogP) is 2.45. The van der Waals surface area contributed by atoms with E-state index >= 15 is 0 Å². The van der Waals surface area contributed by atoms with Crippen LogP contribution in [-0.4, -0.2) is 49.9 Å². The van der Waals surface area contributed by atoms with Crippen molar-refractivity contribution in [2.24, 2.45) is 0 Å². The Morgan fingerprint density at radius 2 is 2.04 bits per heavy atom. The van der Waals surface area contributed by atoms with Crippen molar-refractivity contribution in [1.82, 2.24) is 19.7 Å². The molecular formula is C17H21N5O3. The summed E-state index contributed by atoms with van der Waals surface area (Å²) < 4.78 is 7.75. The Kier molecular flexibility index (Phi) is 4.46. The number of hydrogen-bond acceptors (Lipinski definition) is 6. The van der Waals surface area contributed by atoms with E-state index in [2.05, 4.69) is 15.0 Å². The molecule has 0 radical (unpaired) electrons. The lowest BCUT2D eigenvalue weighted by Gasteiger charge is -2.43. The Morgan fingerprint density at radius 1 is 1.24 bits per heavy atom. The summed E-state index contributed by atoms with van der Waals surface area (Å²) in [5.41, 5.74) is 0.849. The van der Waals surface area contributed by atoms with Gasteiger partial charge in [-0.25, -0.2) is 9.67 Å². The normalized spacial score (nSPS) is 24.0. The molecule has 0 unspecified atom stereocenters. The molecule has 2 heterocycles. The zero-order valence-corrected chi connectivity index (χ0v) is 14.0. The van der Waals surface area contributed by atoms with Crippen molar-refractivity contribution in [3.05, 3.63) is 40.7 Å². The van der Waals surface area contributed by atoms with Gasteiger partial charge >= 0.3 is 0 Å². The van der Waals surface area contributed by atoms with Gasteiger partial charge in [-0.15, -0.1) is 5.10 Å². The van der Waals surface area contributed by atoms with E-state index in [1.54, 1.807) is 18.5 Å². The van der Waals surface area contributed by atoms with Gasteiger partial charge in [0.25, 0.3) is 5.69 Å². The Hall–Kier alpha value is -2.32. The average molecular weight is 343 g/mol. The highest BCUT2D eigenvalue weighted by Gasteiger charge is 2.34. The maximum Gasteiger partial charge on any atom is 0.269 e. The summed E-state index contributed by atoms with van der Waals surface area (Å²) in [5.74, 6) is 0.586. The summed E-state index contributed by atoms with van der Waals surface area (Å²) in [6.07, 6.45) is 6.90. The number of fused-ring (bicyclic) bond motifs is 1. The van der Waals surface area contributed by atoms with E-state index < -0.39 is 4.92 Å². The third-order valence-corrected chi connectivity index (χ3v) is 5.05. The third-order valence-electron chi connectivity index (χ3n) is 5.05. The number of rotatable bonds is 4. The van der Waals surface area contributed by atoms with E-state index in [1.165, 1.54) is 31.4 Å². The van der Waals surface area contributed by atoms with Gasteiger partial charge in [-0.3, -0.25) is 15.0 Å². The number of morpholine rings is 1. The fraction of sp³-hybridized carbons (Fsp3) is 0.529. The molecule has 2 fully saturated rings. The molecule has 1 saturated heterocycles.